The van der Waals surface area contributed by atoms with Crippen LogP contribution in [-0.4, -0.2) is 30.1 Å². The fourth-order valence-corrected chi connectivity index (χ4v) is 2.86. The maximum Gasteiger partial charge on any atom is 0.274 e. The van der Waals surface area contributed by atoms with E-state index in [2.05, 4.69) is 20.6 Å². The predicted molar refractivity (Wildman–Crippen MR) is 113 cm³/mol. The van der Waals surface area contributed by atoms with Crippen molar-refractivity contribution in [2.24, 2.45) is 0 Å². The second kappa shape index (κ2) is 8.60. The Morgan fingerprint density at radius 3 is 2.45 bits per heavy atom. The number of amides is 1. The molecule has 0 spiro atoms. The molecule has 1 aromatic heterocycles. The number of methoxy groups -OCH3 is 2. The third-order valence-electron chi connectivity index (χ3n) is 4.59. The molecule has 7 nitrogen and oxygen atoms in total. The first kappa shape index (κ1) is 20.1. The summed E-state index contributed by atoms with van der Waals surface area (Å²) in [5.41, 5.74) is 3.86. The number of hydrogen-bond acceptors (Lipinski definition) is 6. The van der Waals surface area contributed by atoms with Crippen LogP contribution in [0, 0.1) is 20.8 Å². The van der Waals surface area contributed by atoms with E-state index in [0.717, 1.165) is 16.8 Å². The average Bonchev–Trinajstić information content (AvgIpc) is 2.71. The highest BCUT2D eigenvalue weighted by Crippen LogP contribution is 2.31. The van der Waals surface area contributed by atoms with Crippen LogP contribution in [-0.2, 0) is 0 Å². The number of hydrogen-bond donors (Lipinski definition) is 2. The van der Waals surface area contributed by atoms with E-state index in [1.165, 1.54) is 0 Å². The number of benzene rings is 2. The second-order valence-corrected chi connectivity index (χ2v) is 6.58. The summed E-state index contributed by atoms with van der Waals surface area (Å²) in [5, 5.41) is 6.11. The van der Waals surface area contributed by atoms with E-state index in [1.807, 2.05) is 44.2 Å². The van der Waals surface area contributed by atoms with Gasteiger partial charge in [-0.1, -0.05) is 12.1 Å². The van der Waals surface area contributed by atoms with Crippen molar-refractivity contribution < 1.29 is 14.3 Å². The minimum absolute atomic E-state index is 0.272. The lowest BCUT2D eigenvalue weighted by molar-refractivity contribution is 0.102. The fourth-order valence-electron chi connectivity index (χ4n) is 2.86. The number of aromatic nitrogens is 2. The molecule has 0 aliphatic carbocycles. The maximum absolute atomic E-state index is 12.8. The summed E-state index contributed by atoms with van der Waals surface area (Å²) >= 11 is 0. The van der Waals surface area contributed by atoms with Crippen LogP contribution >= 0.6 is 0 Å². The van der Waals surface area contributed by atoms with Crippen molar-refractivity contribution >= 4 is 23.1 Å². The molecule has 150 valence electrons. The molecule has 3 aromatic rings. The second-order valence-electron chi connectivity index (χ2n) is 6.58. The van der Waals surface area contributed by atoms with Gasteiger partial charge in [0.25, 0.3) is 5.91 Å². The summed E-state index contributed by atoms with van der Waals surface area (Å²) in [7, 11) is 3.17. The lowest BCUT2D eigenvalue weighted by Crippen LogP contribution is -2.16. The Morgan fingerprint density at radius 1 is 0.931 bits per heavy atom. The molecule has 0 radical (unpaired) electrons. The highest BCUT2D eigenvalue weighted by atomic mass is 16.5. The van der Waals surface area contributed by atoms with Crippen molar-refractivity contribution in [3.63, 3.8) is 0 Å². The van der Waals surface area contributed by atoms with Gasteiger partial charge in [0.2, 0.25) is 0 Å². The van der Waals surface area contributed by atoms with Gasteiger partial charge >= 0.3 is 0 Å². The Balaban J connectivity index is 1.86. The number of aryl methyl sites for hydroxylation is 2. The summed E-state index contributed by atoms with van der Waals surface area (Å²) in [4.78, 5) is 21.4. The van der Waals surface area contributed by atoms with Crippen LogP contribution in [0.15, 0.2) is 42.5 Å². The van der Waals surface area contributed by atoms with Gasteiger partial charge in [-0.15, -0.1) is 0 Å². The van der Waals surface area contributed by atoms with Gasteiger partial charge in [0.15, 0.2) is 0 Å². The average molecular weight is 392 g/mol. The molecule has 0 fully saturated rings. The SMILES string of the molecule is COc1ccc(Nc2cc(C(=O)Nc3cccc(C)c3C)nc(C)n2)c(OC)c1. The van der Waals surface area contributed by atoms with Gasteiger partial charge in [0, 0.05) is 17.8 Å². The number of carbonyl (C=O) groups excluding carboxylic acids is 1. The molecule has 1 amide bonds. The maximum atomic E-state index is 12.8. The van der Waals surface area contributed by atoms with Crippen LogP contribution < -0.4 is 20.1 Å². The molecule has 3 rings (SSSR count). The van der Waals surface area contributed by atoms with E-state index in [-0.39, 0.29) is 11.6 Å². The van der Waals surface area contributed by atoms with Crippen LogP contribution in [0.3, 0.4) is 0 Å². The number of ether oxygens (including phenoxy) is 2. The molecule has 0 saturated heterocycles. The minimum atomic E-state index is -0.297. The van der Waals surface area contributed by atoms with Crippen molar-refractivity contribution in [1.29, 1.82) is 0 Å². The van der Waals surface area contributed by atoms with E-state index in [0.29, 0.717) is 28.8 Å². The summed E-state index contributed by atoms with van der Waals surface area (Å²) in [5.74, 6) is 1.96. The Bertz CT molecular complexity index is 1050. The van der Waals surface area contributed by atoms with Crippen molar-refractivity contribution in [2.75, 3.05) is 24.9 Å². The van der Waals surface area contributed by atoms with E-state index >= 15 is 0 Å². The van der Waals surface area contributed by atoms with Crippen molar-refractivity contribution in [3.8, 4) is 11.5 Å². The third-order valence-corrected chi connectivity index (χ3v) is 4.59. The highest BCUT2D eigenvalue weighted by molar-refractivity contribution is 6.03. The van der Waals surface area contributed by atoms with E-state index in [1.54, 1.807) is 33.3 Å². The minimum Gasteiger partial charge on any atom is -0.497 e. The van der Waals surface area contributed by atoms with E-state index in [9.17, 15) is 4.79 Å². The zero-order valence-electron chi connectivity index (χ0n) is 17.2. The molecule has 0 aliphatic heterocycles. The molecule has 2 N–H and O–H groups in total. The molecule has 0 saturated carbocycles. The van der Waals surface area contributed by atoms with Crippen LogP contribution in [0.1, 0.15) is 27.4 Å². The van der Waals surface area contributed by atoms with Crippen molar-refractivity contribution in [1.82, 2.24) is 9.97 Å². The van der Waals surface area contributed by atoms with Crippen LogP contribution in [0.2, 0.25) is 0 Å². The summed E-state index contributed by atoms with van der Waals surface area (Å²) < 4.78 is 10.6. The normalized spacial score (nSPS) is 10.4. The smallest absolute Gasteiger partial charge is 0.274 e. The third kappa shape index (κ3) is 4.63. The number of anilines is 3. The Labute approximate surface area is 170 Å². The number of carbonyl (C=O) groups is 1. The Hall–Kier alpha value is -3.61. The molecule has 0 atom stereocenters. The van der Waals surface area contributed by atoms with Crippen molar-refractivity contribution in [3.05, 3.63) is 65.1 Å². The highest BCUT2D eigenvalue weighted by Gasteiger charge is 2.14. The molecule has 29 heavy (non-hydrogen) atoms. The monoisotopic (exact) mass is 392 g/mol. The van der Waals surface area contributed by atoms with Gasteiger partial charge in [0.05, 0.1) is 19.9 Å². The predicted octanol–water partition coefficient (Wildman–Crippen LogP) is 4.41. The molecular formula is C22H24N4O3. The Kier molecular flexibility index (Phi) is 5.97. The van der Waals surface area contributed by atoms with E-state index < -0.39 is 0 Å². The first-order valence-corrected chi connectivity index (χ1v) is 9.13. The first-order chi connectivity index (χ1) is 13.9. The molecule has 0 aliphatic rings. The van der Waals surface area contributed by atoms with E-state index in [4.69, 9.17) is 9.47 Å². The van der Waals surface area contributed by atoms with Crippen LogP contribution in [0.5, 0.6) is 11.5 Å². The summed E-state index contributed by atoms with van der Waals surface area (Å²) in [6.07, 6.45) is 0. The largest absolute Gasteiger partial charge is 0.497 e. The zero-order chi connectivity index (χ0) is 21.0. The lowest BCUT2D eigenvalue weighted by atomic mass is 10.1. The topological polar surface area (TPSA) is 85.4 Å². The standard InChI is InChI=1S/C22H24N4O3/c1-13-7-6-8-17(14(13)2)26-22(27)19-12-21(24-15(3)23-19)25-18-10-9-16(28-4)11-20(18)29-5/h6-12H,1-5H3,(H,26,27)(H,23,24,25). The zero-order valence-corrected chi connectivity index (χ0v) is 17.2. The van der Waals surface area contributed by atoms with Gasteiger partial charge in [-0.25, -0.2) is 9.97 Å². The van der Waals surface area contributed by atoms with Gasteiger partial charge in [-0.3, -0.25) is 4.79 Å². The summed E-state index contributed by atoms with van der Waals surface area (Å²) in [6, 6.07) is 12.8. The molecule has 2 aromatic carbocycles. The fraction of sp³-hybridized carbons (Fsp3) is 0.227. The molecule has 0 unspecified atom stereocenters. The molecule has 1 heterocycles. The van der Waals surface area contributed by atoms with Crippen LogP contribution in [0.4, 0.5) is 17.2 Å². The lowest BCUT2D eigenvalue weighted by Gasteiger charge is -2.13. The molecule has 7 heteroatoms. The van der Waals surface area contributed by atoms with Crippen molar-refractivity contribution in [2.45, 2.75) is 20.8 Å². The van der Waals surface area contributed by atoms with Gasteiger partial charge in [0.1, 0.15) is 28.8 Å². The van der Waals surface area contributed by atoms with Gasteiger partial charge in [-0.05, 0) is 50.1 Å². The number of rotatable bonds is 6. The van der Waals surface area contributed by atoms with Crippen LogP contribution in [0.25, 0.3) is 0 Å². The number of nitrogens with one attached hydrogen (secondary N) is 2. The molecular weight excluding hydrogens is 368 g/mol. The first-order valence-electron chi connectivity index (χ1n) is 9.13. The van der Waals surface area contributed by atoms with Gasteiger partial charge < -0.3 is 20.1 Å². The quantitative estimate of drug-likeness (QED) is 0.646. The number of nitrogens with zero attached hydrogens (tertiary/aromatic N) is 2. The summed E-state index contributed by atoms with van der Waals surface area (Å²) in [6.45, 7) is 5.72. The molecule has 0 bridgehead atoms. The van der Waals surface area contributed by atoms with Gasteiger partial charge in [-0.2, -0.15) is 0 Å². The Morgan fingerprint density at radius 2 is 1.72 bits per heavy atom.